The normalized spacial score (nSPS) is 17.7. The Morgan fingerprint density at radius 2 is 1.79 bits per heavy atom. The van der Waals surface area contributed by atoms with Gasteiger partial charge in [-0.15, -0.1) is 0 Å². The molecule has 1 aromatic carbocycles. The maximum Gasteiger partial charge on any atom is 0.259 e. The number of pyridine rings is 1. The molecule has 5 nitrogen and oxygen atoms in total. The summed E-state index contributed by atoms with van der Waals surface area (Å²) in [4.78, 5) is 20.0. The van der Waals surface area contributed by atoms with Crippen molar-refractivity contribution in [1.82, 2.24) is 15.0 Å². The van der Waals surface area contributed by atoms with Crippen molar-refractivity contribution in [3.8, 4) is 11.3 Å². The second kappa shape index (κ2) is 7.00. The molecule has 2 fully saturated rings. The van der Waals surface area contributed by atoms with Gasteiger partial charge in [-0.2, -0.15) is 0 Å². The summed E-state index contributed by atoms with van der Waals surface area (Å²) in [5, 5.41) is 4.82. The van der Waals surface area contributed by atoms with Crippen LogP contribution in [0.4, 0.5) is 4.39 Å². The molecule has 28 heavy (non-hydrogen) atoms. The maximum absolute atomic E-state index is 13.5. The highest BCUT2D eigenvalue weighted by Crippen LogP contribution is 2.41. The van der Waals surface area contributed by atoms with Gasteiger partial charge in [-0.25, -0.2) is 9.37 Å². The van der Waals surface area contributed by atoms with Crippen LogP contribution in [0.25, 0.3) is 22.4 Å². The Kier molecular flexibility index (Phi) is 4.34. The summed E-state index contributed by atoms with van der Waals surface area (Å²) in [7, 11) is 0. The predicted octanol–water partition coefficient (Wildman–Crippen LogP) is 4.92. The third kappa shape index (κ3) is 3.17. The van der Waals surface area contributed by atoms with Crippen LogP contribution in [0, 0.1) is 5.82 Å². The van der Waals surface area contributed by atoms with Crippen LogP contribution in [0.15, 0.2) is 34.9 Å². The van der Waals surface area contributed by atoms with Gasteiger partial charge >= 0.3 is 0 Å². The number of halogens is 1. The molecule has 1 amide bonds. The van der Waals surface area contributed by atoms with Gasteiger partial charge in [-0.05, 0) is 56.0 Å². The molecule has 0 bridgehead atoms. The molecule has 3 aromatic rings. The number of rotatable bonds is 3. The summed E-state index contributed by atoms with van der Waals surface area (Å²) in [6.45, 7) is 1.55. The second-order valence-corrected chi connectivity index (χ2v) is 7.79. The third-order valence-electron chi connectivity index (χ3n) is 5.70. The average molecular weight is 379 g/mol. The van der Waals surface area contributed by atoms with Crippen LogP contribution in [0.1, 0.15) is 60.5 Å². The van der Waals surface area contributed by atoms with E-state index in [0.29, 0.717) is 33.8 Å². The number of hydrogen-bond donors (Lipinski definition) is 0. The zero-order chi connectivity index (χ0) is 19.1. The number of nitrogens with zero attached hydrogens (tertiary/aromatic N) is 3. The van der Waals surface area contributed by atoms with E-state index in [-0.39, 0.29) is 11.7 Å². The fourth-order valence-corrected chi connectivity index (χ4v) is 3.98. The molecule has 1 aliphatic heterocycles. The highest BCUT2D eigenvalue weighted by molar-refractivity contribution is 6.09. The lowest BCUT2D eigenvalue weighted by Crippen LogP contribution is -2.32. The molecule has 0 unspecified atom stereocenters. The van der Waals surface area contributed by atoms with Gasteiger partial charge < -0.3 is 9.42 Å². The maximum atomic E-state index is 13.5. The number of fused-ring (bicyclic) bond motifs is 1. The standard InChI is InChI=1S/C22H22FN3O2/c23-16-9-7-15(8-10-16)20-19-17(22(27)26-11-3-1-2-4-12-26)13-18(14-5-6-14)24-21(19)28-25-20/h7-10,13-14H,1-6,11-12H2. The molecule has 1 saturated heterocycles. The van der Waals surface area contributed by atoms with E-state index in [4.69, 9.17) is 4.52 Å². The van der Waals surface area contributed by atoms with Crippen LogP contribution in [-0.4, -0.2) is 34.0 Å². The fourth-order valence-electron chi connectivity index (χ4n) is 3.98. The van der Waals surface area contributed by atoms with Crippen LogP contribution in [0.2, 0.25) is 0 Å². The van der Waals surface area contributed by atoms with Crippen LogP contribution in [-0.2, 0) is 0 Å². The van der Waals surface area contributed by atoms with Crippen molar-refractivity contribution in [2.75, 3.05) is 13.1 Å². The molecule has 3 heterocycles. The first-order chi connectivity index (χ1) is 13.7. The Bertz CT molecular complexity index is 1020. The van der Waals surface area contributed by atoms with Crippen molar-refractivity contribution in [2.45, 2.75) is 44.4 Å². The van der Waals surface area contributed by atoms with Crippen molar-refractivity contribution in [3.63, 3.8) is 0 Å². The minimum Gasteiger partial charge on any atom is -0.339 e. The van der Waals surface area contributed by atoms with Crippen LogP contribution < -0.4 is 0 Å². The first kappa shape index (κ1) is 17.3. The lowest BCUT2D eigenvalue weighted by atomic mass is 10.0. The highest BCUT2D eigenvalue weighted by Gasteiger charge is 2.30. The molecule has 5 rings (SSSR count). The van der Waals surface area contributed by atoms with Crippen LogP contribution in [0.3, 0.4) is 0 Å². The number of likely N-dealkylation sites (tertiary alicyclic amines) is 1. The number of carbonyl (C=O) groups is 1. The number of hydrogen-bond acceptors (Lipinski definition) is 4. The minimum atomic E-state index is -0.313. The lowest BCUT2D eigenvalue weighted by molar-refractivity contribution is 0.0763. The summed E-state index contributed by atoms with van der Waals surface area (Å²) >= 11 is 0. The minimum absolute atomic E-state index is 0.0164. The zero-order valence-corrected chi connectivity index (χ0v) is 15.7. The zero-order valence-electron chi connectivity index (χ0n) is 15.7. The molecule has 1 saturated carbocycles. The Hall–Kier alpha value is -2.76. The molecule has 0 spiro atoms. The molecule has 0 radical (unpaired) electrons. The van der Waals surface area contributed by atoms with Gasteiger partial charge in [0.05, 0.1) is 10.9 Å². The first-order valence-electron chi connectivity index (χ1n) is 10.1. The number of amides is 1. The molecular formula is C22H22FN3O2. The van der Waals surface area contributed by atoms with Crippen molar-refractivity contribution < 1.29 is 13.7 Å². The topological polar surface area (TPSA) is 59.2 Å². The van der Waals surface area contributed by atoms with E-state index < -0.39 is 0 Å². The SMILES string of the molecule is O=C(c1cc(C2CC2)nc2onc(-c3ccc(F)cc3)c12)N1CCCCCC1. The van der Waals surface area contributed by atoms with Crippen molar-refractivity contribution >= 4 is 17.0 Å². The first-order valence-corrected chi connectivity index (χ1v) is 10.1. The van der Waals surface area contributed by atoms with Crippen molar-refractivity contribution in [1.29, 1.82) is 0 Å². The monoisotopic (exact) mass is 379 g/mol. The summed E-state index contributed by atoms with van der Waals surface area (Å²) in [5.41, 5.74) is 3.16. The van der Waals surface area contributed by atoms with Crippen LogP contribution >= 0.6 is 0 Å². The van der Waals surface area contributed by atoms with E-state index in [0.717, 1.165) is 57.3 Å². The lowest BCUT2D eigenvalue weighted by Gasteiger charge is -2.21. The van der Waals surface area contributed by atoms with Gasteiger partial charge in [0.25, 0.3) is 11.6 Å². The van der Waals surface area contributed by atoms with Gasteiger partial charge in [-0.3, -0.25) is 4.79 Å². The molecule has 1 aliphatic carbocycles. The van der Waals surface area contributed by atoms with Gasteiger partial charge in [0.1, 0.15) is 11.5 Å². The Morgan fingerprint density at radius 1 is 1.07 bits per heavy atom. The predicted molar refractivity (Wildman–Crippen MR) is 104 cm³/mol. The van der Waals surface area contributed by atoms with Gasteiger partial charge in [0, 0.05) is 30.3 Å². The second-order valence-electron chi connectivity index (χ2n) is 7.79. The van der Waals surface area contributed by atoms with Crippen molar-refractivity contribution in [2.24, 2.45) is 0 Å². The van der Waals surface area contributed by atoms with Crippen LogP contribution in [0.5, 0.6) is 0 Å². The molecule has 144 valence electrons. The largest absolute Gasteiger partial charge is 0.339 e. The van der Waals surface area contributed by atoms with E-state index in [1.807, 2.05) is 11.0 Å². The summed E-state index contributed by atoms with van der Waals surface area (Å²) < 4.78 is 18.9. The van der Waals surface area contributed by atoms with E-state index in [1.165, 1.54) is 12.1 Å². The van der Waals surface area contributed by atoms with Crippen molar-refractivity contribution in [3.05, 3.63) is 47.4 Å². The Balaban J connectivity index is 1.65. The summed E-state index contributed by atoms with van der Waals surface area (Å²) in [6, 6.07) is 8.01. The summed E-state index contributed by atoms with van der Waals surface area (Å²) in [6.07, 6.45) is 6.57. The number of benzene rings is 1. The van der Waals surface area contributed by atoms with Gasteiger partial charge in [0.2, 0.25) is 0 Å². The average Bonchev–Trinajstić information content (AvgIpc) is 3.52. The van der Waals surface area contributed by atoms with E-state index >= 15 is 0 Å². The number of carbonyl (C=O) groups excluding carboxylic acids is 1. The third-order valence-corrected chi connectivity index (χ3v) is 5.70. The molecule has 2 aromatic heterocycles. The van der Waals surface area contributed by atoms with E-state index in [1.54, 1.807) is 12.1 Å². The summed E-state index contributed by atoms with van der Waals surface area (Å²) in [5.74, 6) is 0.105. The molecule has 0 atom stereocenters. The smallest absolute Gasteiger partial charge is 0.259 e. The quantitative estimate of drug-likeness (QED) is 0.648. The highest BCUT2D eigenvalue weighted by atomic mass is 19.1. The molecular weight excluding hydrogens is 357 g/mol. The molecule has 6 heteroatoms. The number of aromatic nitrogens is 2. The Labute approximate surface area is 162 Å². The van der Waals surface area contributed by atoms with E-state index in [2.05, 4.69) is 10.1 Å². The fraction of sp³-hybridized carbons (Fsp3) is 0.409. The van der Waals surface area contributed by atoms with Gasteiger partial charge in [0.15, 0.2) is 0 Å². The molecule has 2 aliphatic rings. The Morgan fingerprint density at radius 3 is 2.46 bits per heavy atom. The molecule has 0 N–H and O–H groups in total. The van der Waals surface area contributed by atoms with Gasteiger partial charge in [-0.1, -0.05) is 18.0 Å². The van der Waals surface area contributed by atoms with E-state index in [9.17, 15) is 9.18 Å².